The van der Waals surface area contributed by atoms with Gasteiger partial charge in [-0.05, 0) is 6.07 Å². The minimum Gasteiger partial charge on any atom is -0.502 e. The molecule has 0 fully saturated rings. The predicted molar refractivity (Wildman–Crippen MR) is 65.8 cm³/mol. The molecule has 102 valence electrons. The van der Waals surface area contributed by atoms with Gasteiger partial charge >= 0.3 is 5.69 Å². The van der Waals surface area contributed by atoms with E-state index >= 15 is 0 Å². The van der Waals surface area contributed by atoms with Crippen LogP contribution in [0, 0.1) is 10.1 Å². The molecule has 1 rings (SSSR count). The molecule has 0 aliphatic rings. The van der Waals surface area contributed by atoms with E-state index in [1.807, 2.05) is 0 Å². The first-order chi connectivity index (χ1) is 8.84. The van der Waals surface area contributed by atoms with Gasteiger partial charge in [0, 0.05) is 20.2 Å². The smallest absolute Gasteiger partial charge is 0.311 e. The van der Waals surface area contributed by atoms with Crippen LogP contribution in [0.25, 0.3) is 0 Å². The number of aromatic hydroxyl groups is 1. The molecule has 0 aliphatic carbocycles. The van der Waals surface area contributed by atoms with E-state index in [2.05, 4.69) is 5.32 Å². The van der Waals surface area contributed by atoms with Crippen molar-refractivity contribution in [2.45, 2.75) is 0 Å². The molecule has 1 aromatic rings. The number of likely N-dealkylation sites (N-methyl/N-ethyl adjacent to an activating group) is 1. The molecular formula is C11H13N3O5. The first-order valence-electron chi connectivity index (χ1n) is 5.29. The molecule has 2 amide bonds. The van der Waals surface area contributed by atoms with Crippen molar-refractivity contribution in [2.75, 3.05) is 20.6 Å². The lowest BCUT2D eigenvalue weighted by atomic mass is 10.1. The normalized spacial score (nSPS) is 9.79. The Balaban J connectivity index is 2.86. The van der Waals surface area contributed by atoms with Gasteiger partial charge in [0.25, 0.3) is 5.91 Å². The van der Waals surface area contributed by atoms with Gasteiger partial charge in [-0.1, -0.05) is 6.07 Å². The van der Waals surface area contributed by atoms with Crippen LogP contribution in [0.2, 0.25) is 0 Å². The van der Waals surface area contributed by atoms with Crippen molar-refractivity contribution in [3.05, 3.63) is 33.9 Å². The summed E-state index contributed by atoms with van der Waals surface area (Å²) in [6.07, 6.45) is 0. The summed E-state index contributed by atoms with van der Waals surface area (Å²) in [6.45, 7) is -0.256. The molecule has 0 saturated carbocycles. The number of hydrogen-bond donors (Lipinski definition) is 2. The Kier molecular flexibility index (Phi) is 4.41. The van der Waals surface area contributed by atoms with Crippen LogP contribution in [0.4, 0.5) is 5.69 Å². The van der Waals surface area contributed by atoms with Crippen LogP contribution in [-0.2, 0) is 4.79 Å². The summed E-state index contributed by atoms with van der Waals surface area (Å²) in [5.74, 6) is -1.81. The number of nitro benzene ring substituents is 1. The minimum absolute atomic E-state index is 0.249. The lowest BCUT2D eigenvalue weighted by molar-refractivity contribution is -0.385. The molecule has 0 spiro atoms. The number of nitrogens with zero attached hydrogens (tertiary/aromatic N) is 2. The van der Waals surface area contributed by atoms with Crippen molar-refractivity contribution in [2.24, 2.45) is 0 Å². The Hall–Kier alpha value is -2.64. The molecule has 0 aliphatic heterocycles. The number of amides is 2. The molecule has 0 atom stereocenters. The highest BCUT2D eigenvalue weighted by Crippen LogP contribution is 2.28. The van der Waals surface area contributed by atoms with Gasteiger partial charge < -0.3 is 15.3 Å². The third-order valence-corrected chi connectivity index (χ3v) is 2.36. The molecule has 0 bridgehead atoms. The molecule has 0 saturated heterocycles. The average molecular weight is 267 g/mol. The van der Waals surface area contributed by atoms with E-state index in [1.54, 1.807) is 0 Å². The van der Waals surface area contributed by atoms with Crippen LogP contribution in [0.5, 0.6) is 5.75 Å². The Labute approximate surface area is 108 Å². The number of carbonyl (C=O) groups excluding carboxylic acids is 2. The van der Waals surface area contributed by atoms with Crippen LogP contribution in [0.15, 0.2) is 18.2 Å². The highest BCUT2D eigenvalue weighted by molar-refractivity contribution is 5.99. The van der Waals surface area contributed by atoms with Gasteiger partial charge in [-0.25, -0.2) is 0 Å². The summed E-state index contributed by atoms with van der Waals surface area (Å²) >= 11 is 0. The number of phenols is 1. The molecule has 0 radical (unpaired) electrons. The third-order valence-electron chi connectivity index (χ3n) is 2.36. The highest BCUT2D eigenvalue weighted by atomic mass is 16.6. The standard InChI is InChI=1S/C11H13N3O5/c1-13(2)9(15)6-12-11(17)7-4-3-5-8(10(7)16)14(18)19/h3-5,16H,6H2,1-2H3,(H,12,17). The second-order valence-corrected chi connectivity index (χ2v) is 3.90. The van der Waals surface area contributed by atoms with Gasteiger partial charge in [-0.3, -0.25) is 19.7 Å². The summed E-state index contributed by atoms with van der Waals surface area (Å²) in [6, 6.07) is 3.59. The number of benzene rings is 1. The van der Waals surface area contributed by atoms with Crippen LogP contribution in [0.1, 0.15) is 10.4 Å². The zero-order valence-electron chi connectivity index (χ0n) is 10.4. The molecular weight excluding hydrogens is 254 g/mol. The molecule has 19 heavy (non-hydrogen) atoms. The zero-order chi connectivity index (χ0) is 14.6. The van der Waals surface area contributed by atoms with Crippen molar-refractivity contribution >= 4 is 17.5 Å². The van der Waals surface area contributed by atoms with Crippen molar-refractivity contribution in [1.29, 1.82) is 0 Å². The number of nitrogens with one attached hydrogen (secondary N) is 1. The summed E-state index contributed by atoms with van der Waals surface area (Å²) < 4.78 is 0. The first-order valence-corrected chi connectivity index (χ1v) is 5.29. The molecule has 1 aromatic carbocycles. The number of para-hydroxylation sites is 1. The van der Waals surface area contributed by atoms with Gasteiger partial charge in [-0.2, -0.15) is 0 Å². The van der Waals surface area contributed by atoms with Crippen LogP contribution >= 0.6 is 0 Å². The van der Waals surface area contributed by atoms with E-state index in [4.69, 9.17) is 0 Å². The molecule has 8 nitrogen and oxygen atoms in total. The van der Waals surface area contributed by atoms with Crippen molar-refractivity contribution < 1.29 is 19.6 Å². The second-order valence-electron chi connectivity index (χ2n) is 3.90. The van der Waals surface area contributed by atoms with Gasteiger partial charge in [0.1, 0.15) is 0 Å². The molecule has 0 unspecified atom stereocenters. The summed E-state index contributed by atoms with van der Waals surface area (Å²) in [5, 5.41) is 22.5. The zero-order valence-corrected chi connectivity index (χ0v) is 10.4. The molecule has 8 heteroatoms. The lowest BCUT2D eigenvalue weighted by Crippen LogP contribution is -2.36. The molecule has 0 aromatic heterocycles. The van der Waals surface area contributed by atoms with E-state index < -0.39 is 22.3 Å². The first kappa shape index (κ1) is 14.4. The number of hydrogen-bond acceptors (Lipinski definition) is 5. The summed E-state index contributed by atoms with van der Waals surface area (Å²) in [7, 11) is 3.05. The van der Waals surface area contributed by atoms with Gasteiger partial charge in [0.05, 0.1) is 17.0 Å². The predicted octanol–water partition coefficient (Wildman–Crippen LogP) is 0.118. The topological polar surface area (TPSA) is 113 Å². The fourth-order valence-corrected chi connectivity index (χ4v) is 1.27. The minimum atomic E-state index is -0.795. The number of carbonyl (C=O) groups is 2. The quantitative estimate of drug-likeness (QED) is 0.594. The Morgan fingerprint density at radius 2 is 2.05 bits per heavy atom. The highest BCUT2D eigenvalue weighted by Gasteiger charge is 2.21. The Morgan fingerprint density at radius 3 is 2.58 bits per heavy atom. The monoisotopic (exact) mass is 267 g/mol. The summed E-state index contributed by atoms with van der Waals surface area (Å²) in [4.78, 5) is 34.1. The fourth-order valence-electron chi connectivity index (χ4n) is 1.27. The van der Waals surface area contributed by atoms with E-state index in [-0.39, 0.29) is 18.0 Å². The maximum atomic E-state index is 11.7. The van der Waals surface area contributed by atoms with Crippen molar-refractivity contribution in [1.82, 2.24) is 10.2 Å². The number of phenolic OH excluding ortho intramolecular Hbond substituents is 1. The Morgan fingerprint density at radius 1 is 1.42 bits per heavy atom. The number of rotatable bonds is 4. The summed E-state index contributed by atoms with van der Waals surface area (Å²) in [5.41, 5.74) is -0.813. The number of nitro groups is 1. The van der Waals surface area contributed by atoms with Gasteiger partial charge in [0.2, 0.25) is 11.7 Å². The van der Waals surface area contributed by atoms with Gasteiger partial charge in [-0.15, -0.1) is 0 Å². The maximum absolute atomic E-state index is 11.7. The SMILES string of the molecule is CN(C)C(=O)CNC(=O)c1cccc([N+](=O)[O-])c1O. The largest absolute Gasteiger partial charge is 0.502 e. The maximum Gasteiger partial charge on any atom is 0.311 e. The van der Waals surface area contributed by atoms with E-state index in [0.717, 1.165) is 6.07 Å². The van der Waals surface area contributed by atoms with Crippen LogP contribution in [0.3, 0.4) is 0 Å². The van der Waals surface area contributed by atoms with Crippen molar-refractivity contribution in [3.8, 4) is 5.75 Å². The van der Waals surface area contributed by atoms with E-state index in [9.17, 15) is 24.8 Å². The second kappa shape index (κ2) is 5.80. The van der Waals surface area contributed by atoms with Crippen molar-refractivity contribution in [3.63, 3.8) is 0 Å². The molecule has 2 N–H and O–H groups in total. The molecule has 0 heterocycles. The third kappa shape index (κ3) is 3.41. The van der Waals surface area contributed by atoms with Crippen LogP contribution in [-0.4, -0.2) is 47.4 Å². The average Bonchev–Trinajstić information content (AvgIpc) is 2.35. The van der Waals surface area contributed by atoms with Gasteiger partial charge in [0.15, 0.2) is 0 Å². The van der Waals surface area contributed by atoms with E-state index in [0.29, 0.717) is 0 Å². The Bertz CT molecular complexity index is 527. The lowest BCUT2D eigenvalue weighted by Gasteiger charge is -2.11. The fraction of sp³-hybridized carbons (Fsp3) is 0.273. The van der Waals surface area contributed by atoms with E-state index in [1.165, 1.54) is 31.1 Å². The van der Waals surface area contributed by atoms with Crippen LogP contribution < -0.4 is 5.32 Å².